The lowest BCUT2D eigenvalue weighted by molar-refractivity contribution is 0.0302. The molecule has 1 aliphatic rings. The van der Waals surface area contributed by atoms with Crippen molar-refractivity contribution in [2.75, 3.05) is 38.7 Å². The minimum Gasteiger partial charge on any atom is -0.495 e. The number of amides is 1. The van der Waals surface area contributed by atoms with Gasteiger partial charge in [0.2, 0.25) is 0 Å². The minimum atomic E-state index is -0.0213. The van der Waals surface area contributed by atoms with E-state index in [2.05, 4.69) is 26.4 Å². The molecule has 164 valence electrons. The number of aromatic amines is 1. The van der Waals surface area contributed by atoms with Crippen LogP contribution in [0.3, 0.4) is 0 Å². The van der Waals surface area contributed by atoms with Gasteiger partial charge in [-0.05, 0) is 24.3 Å². The van der Waals surface area contributed by atoms with E-state index in [1.54, 1.807) is 28.8 Å². The Morgan fingerprint density at radius 1 is 1.19 bits per heavy atom. The molecule has 4 heterocycles. The van der Waals surface area contributed by atoms with Gasteiger partial charge in [0.1, 0.15) is 11.6 Å². The standard InChI is InChI=1S/C23H24N6O3/c1-28-14-17(13-25-28)19-9-16-12-24-22(11-20(16)26-19)27-18-4-3-15(10-21(18)31-2)23(30)29-5-7-32-8-6-29/h3-4,9-14,26H,5-8H2,1-2H3,(H,24,27). The third kappa shape index (κ3) is 3.90. The SMILES string of the molecule is COc1cc(C(=O)N2CCOCC2)ccc1Nc1cc2[nH]c(-c3cnn(C)c3)cc2cn1. The van der Waals surface area contributed by atoms with Gasteiger partial charge in [-0.1, -0.05) is 0 Å². The van der Waals surface area contributed by atoms with Crippen molar-refractivity contribution in [1.29, 1.82) is 0 Å². The number of carbonyl (C=O) groups is 1. The first-order valence-electron chi connectivity index (χ1n) is 10.4. The largest absolute Gasteiger partial charge is 0.495 e. The number of hydrogen-bond acceptors (Lipinski definition) is 6. The Balaban J connectivity index is 1.38. The number of nitrogens with one attached hydrogen (secondary N) is 2. The van der Waals surface area contributed by atoms with Crippen molar-refractivity contribution in [2.45, 2.75) is 0 Å². The molecule has 1 aromatic carbocycles. The van der Waals surface area contributed by atoms with Gasteiger partial charge in [0, 0.05) is 60.8 Å². The fourth-order valence-corrected chi connectivity index (χ4v) is 3.82. The lowest BCUT2D eigenvalue weighted by Crippen LogP contribution is -2.40. The highest BCUT2D eigenvalue weighted by molar-refractivity contribution is 5.95. The molecule has 3 aromatic heterocycles. The van der Waals surface area contributed by atoms with E-state index in [0.29, 0.717) is 43.4 Å². The fourth-order valence-electron chi connectivity index (χ4n) is 3.82. The van der Waals surface area contributed by atoms with Crippen molar-refractivity contribution >= 4 is 28.3 Å². The molecule has 0 aliphatic carbocycles. The Morgan fingerprint density at radius 3 is 2.78 bits per heavy atom. The molecule has 5 rings (SSSR count). The van der Waals surface area contributed by atoms with E-state index < -0.39 is 0 Å². The first-order valence-corrected chi connectivity index (χ1v) is 10.4. The maximum Gasteiger partial charge on any atom is 0.254 e. The molecule has 1 saturated heterocycles. The van der Waals surface area contributed by atoms with E-state index in [4.69, 9.17) is 9.47 Å². The van der Waals surface area contributed by atoms with Crippen LogP contribution < -0.4 is 10.1 Å². The van der Waals surface area contributed by atoms with Gasteiger partial charge >= 0.3 is 0 Å². The molecule has 4 aromatic rings. The van der Waals surface area contributed by atoms with Crippen LogP contribution >= 0.6 is 0 Å². The molecule has 0 atom stereocenters. The summed E-state index contributed by atoms with van der Waals surface area (Å²) in [5.41, 5.74) is 4.27. The van der Waals surface area contributed by atoms with Gasteiger partial charge in [0.25, 0.3) is 5.91 Å². The van der Waals surface area contributed by atoms with Crippen LogP contribution in [0, 0.1) is 0 Å². The van der Waals surface area contributed by atoms with Crippen molar-refractivity contribution < 1.29 is 14.3 Å². The molecular weight excluding hydrogens is 408 g/mol. The number of morpholine rings is 1. The lowest BCUT2D eigenvalue weighted by atomic mass is 10.1. The number of anilines is 2. The van der Waals surface area contributed by atoms with Gasteiger partial charge in [-0.25, -0.2) is 4.98 Å². The summed E-state index contributed by atoms with van der Waals surface area (Å²) in [5, 5.41) is 8.53. The molecule has 0 spiro atoms. The Bertz CT molecular complexity index is 1270. The second-order valence-electron chi connectivity index (χ2n) is 7.69. The number of fused-ring (bicyclic) bond motifs is 1. The third-order valence-corrected chi connectivity index (χ3v) is 5.53. The van der Waals surface area contributed by atoms with Gasteiger partial charge in [0.15, 0.2) is 0 Å². The van der Waals surface area contributed by atoms with E-state index in [1.165, 1.54) is 0 Å². The molecule has 2 N–H and O–H groups in total. The Morgan fingerprint density at radius 2 is 2.03 bits per heavy atom. The number of H-pyrrole nitrogens is 1. The Hall–Kier alpha value is -3.85. The van der Waals surface area contributed by atoms with Crippen molar-refractivity contribution in [2.24, 2.45) is 7.05 Å². The van der Waals surface area contributed by atoms with Crippen LogP contribution in [0.1, 0.15) is 10.4 Å². The first kappa shape index (κ1) is 20.1. The van der Waals surface area contributed by atoms with E-state index in [-0.39, 0.29) is 5.91 Å². The monoisotopic (exact) mass is 432 g/mol. The fraction of sp³-hybridized carbons (Fsp3) is 0.261. The van der Waals surface area contributed by atoms with Crippen molar-refractivity contribution in [3.05, 3.63) is 54.5 Å². The van der Waals surface area contributed by atoms with Gasteiger partial charge in [-0.2, -0.15) is 5.10 Å². The summed E-state index contributed by atoms with van der Waals surface area (Å²) in [6.07, 6.45) is 5.60. The molecule has 9 heteroatoms. The Kier molecular flexibility index (Phi) is 5.24. The molecular formula is C23H24N6O3. The number of hydrogen-bond donors (Lipinski definition) is 2. The first-order chi connectivity index (χ1) is 15.6. The number of carbonyl (C=O) groups excluding carboxylic acids is 1. The predicted molar refractivity (Wildman–Crippen MR) is 121 cm³/mol. The topological polar surface area (TPSA) is 97.3 Å². The average Bonchev–Trinajstić information content (AvgIpc) is 3.45. The lowest BCUT2D eigenvalue weighted by Gasteiger charge is -2.27. The zero-order valence-electron chi connectivity index (χ0n) is 18.0. The van der Waals surface area contributed by atoms with Crippen molar-refractivity contribution in [3.8, 4) is 17.0 Å². The van der Waals surface area contributed by atoms with E-state index >= 15 is 0 Å². The summed E-state index contributed by atoms with van der Waals surface area (Å²) in [5.74, 6) is 1.23. The molecule has 1 amide bonds. The molecule has 0 unspecified atom stereocenters. The molecule has 32 heavy (non-hydrogen) atoms. The van der Waals surface area contributed by atoms with Gasteiger partial charge in [-0.15, -0.1) is 0 Å². The minimum absolute atomic E-state index is 0.0213. The summed E-state index contributed by atoms with van der Waals surface area (Å²) in [4.78, 5) is 22.5. The van der Waals surface area contributed by atoms with Crippen LogP contribution in [0.5, 0.6) is 5.75 Å². The van der Waals surface area contributed by atoms with Crippen LogP contribution in [0.2, 0.25) is 0 Å². The summed E-state index contributed by atoms with van der Waals surface area (Å²) < 4.78 is 12.6. The number of rotatable bonds is 5. The average molecular weight is 432 g/mol. The number of aromatic nitrogens is 4. The molecule has 0 radical (unpaired) electrons. The second kappa shape index (κ2) is 8.35. The summed E-state index contributed by atoms with van der Waals surface area (Å²) in [6.45, 7) is 2.33. The van der Waals surface area contributed by atoms with Crippen molar-refractivity contribution in [1.82, 2.24) is 24.6 Å². The number of ether oxygens (including phenoxy) is 2. The maximum atomic E-state index is 12.8. The zero-order valence-corrected chi connectivity index (χ0v) is 18.0. The highest BCUT2D eigenvalue weighted by Crippen LogP contribution is 2.30. The maximum absolute atomic E-state index is 12.8. The van der Waals surface area contributed by atoms with Crippen LogP contribution in [0.4, 0.5) is 11.5 Å². The van der Waals surface area contributed by atoms with Crippen LogP contribution in [0.15, 0.2) is 48.9 Å². The van der Waals surface area contributed by atoms with E-state index in [0.717, 1.165) is 27.8 Å². The van der Waals surface area contributed by atoms with Crippen molar-refractivity contribution in [3.63, 3.8) is 0 Å². The number of nitrogens with zero attached hydrogens (tertiary/aromatic N) is 4. The number of methoxy groups -OCH3 is 1. The van der Waals surface area contributed by atoms with Gasteiger partial charge < -0.3 is 24.7 Å². The molecule has 1 aliphatic heterocycles. The van der Waals surface area contributed by atoms with Gasteiger partial charge in [-0.3, -0.25) is 9.48 Å². The third-order valence-electron chi connectivity index (χ3n) is 5.53. The van der Waals surface area contributed by atoms with E-state index in [9.17, 15) is 4.79 Å². The number of aryl methyl sites for hydroxylation is 1. The normalized spacial score (nSPS) is 14.0. The number of pyridine rings is 1. The zero-order chi connectivity index (χ0) is 22.1. The molecule has 0 bridgehead atoms. The van der Waals surface area contributed by atoms with Crippen LogP contribution in [0.25, 0.3) is 22.2 Å². The molecule has 0 saturated carbocycles. The molecule has 9 nitrogen and oxygen atoms in total. The summed E-state index contributed by atoms with van der Waals surface area (Å²) in [6, 6.07) is 9.40. The second-order valence-corrected chi connectivity index (χ2v) is 7.69. The quantitative estimate of drug-likeness (QED) is 0.503. The number of benzene rings is 1. The molecule has 1 fully saturated rings. The smallest absolute Gasteiger partial charge is 0.254 e. The van der Waals surface area contributed by atoms with E-state index in [1.807, 2.05) is 37.8 Å². The Labute approximate surface area is 185 Å². The van der Waals surface area contributed by atoms with Crippen LogP contribution in [-0.2, 0) is 11.8 Å². The summed E-state index contributed by atoms with van der Waals surface area (Å²) in [7, 11) is 3.48. The highest BCUT2D eigenvalue weighted by atomic mass is 16.5. The van der Waals surface area contributed by atoms with Crippen LogP contribution in [-0.4, -0.2) is 64.0 Å². The highest BCUT2D eigenvalue weighted by Gasteiger charge is 2.20. The van der Waals surface area contributed by atoms with Gasteiger partial charge in [0.05, 0.1) is 37.7 Å². The summed E-state index contributed by atoms with van der Waals surface area (Å²) >= 11 is 0. The predicted octanol–water partition coefficient (Wildman–Crippen LogP) is 3.19.